The minimum absolute atomic E-state index is 0.0221. The smallest absolute Gasteiger partial charge is 0.200 e. The van der Waals surface area contributed by atoms with Gasteiger partial charge >= 0.3 is 0 Å². The fraction of sp³-hybridized carbons (Fsp3) is 0.250. The highest BCUT2D eigenvalue weighted by Crippen LogP contribution is 2.36. The standard InChI is InChI=1S/C8H5BrCl2F2/c9-4-8(12,13)6-3-5(10)1-2-7(6)11/h1-3H,4H2. The number of rotatable bonds is 2. The summed E-state index contributed by atoms with van der Waals surface area (Å²) >= 11 is 13.9. The lowest BCUT2D eigenvalue weighted by molar-refractivity contribution is 0.0247. The van der Waals surface area contributed by atoms with Gasteiger partial charge < -0.3 is 0 Å². The monoisotopic (exact) mass is 288 g/mol. The van der Waals surface area contributed by atoms with Crippen molar-refractivity contribution in [2.24, 2.45) is 0 Å². The van der Waals surface area contributed by atoms with Crippen LogP contribution in [0.3, 0.4) is 0 Å². The van der Waals surface area contributed by atoms with Crippen LogP contribution in [0.1, 0.15) is 5.56 Å². The summed E-state index contributed by atoms with van der Waals surface area (Å²) in [6, 6.07) is 4.00. The van der Waals surface area contributed by atoms with Crippen LogP contribution < -0.4 is 0 Å². The molecule has 0 atom stereocenters. The summed E-state index contributed by atoms with van der Waals surface area (Å²) < 4.78 is 26.3. The molecule has 0 nitrogen and oxygen atoms in total. The molecule has 0 bridgehead atoms. The Morgan fingerprint density at radius 1 is 1.31 bits per heavy atom. The molecule has 0 aliphatic carbocycles. The molecule has 0 N–H and O–H groups in total. The van der Waals surface area contributed by atoms with E-state index in [-0.39, 0.29) is 15.6 Å². The van der Waals surface area contributed by atoms with E-state index in [4.69, 9.17) is 23.2 Å². The van der Waals surface area contributed by atoms with Gasteiger partial charge in [-0.1, -0.05) is 39.1 Å². The van der Waals surface area contributed by atoms with Crippen molar-refractivity contribution in [2.75, 3.05) is 5.33 Å². The third kappa shape index (κ3) is 2.55. The minimum Gasteiger partial charge on any atom is -0.200 e. The van der Waals surface area contributed by atoms with E-state index >= 15 is 0 Å². The molecule has 1 aromatic carbocycles. The van der Waals surface area contributed by atoms with Crippen LogP contribution in [0, 0.1) is 0 Å². The molecule has 0 saturated heterocycles. The molecule has 0 heterocycles. The molecule has 0 radical (unpaired) electrons. The van der Waals surface area contributed by atoms with Gasteiger partial charge in [-0.25, -0.2) is 8.78 Å². The fourth-order valence-electron chi connectivity index (χ4n) is 0.850. The number of hydrogen-bond donors (Lipinski definition) is 0. The Morgan fingerprint density at radius 3 is 2.46 bits per heavy atom. The van der Waals surface area contributed by atoms with Gasteiger partial charge in [-0.15, -0.1) is 0 Å². The van der Waals surface area contributed by atoms with Crippen LogP contribution in [-0.4, -0.2) is 5.33 Å². The summed E-state index contributed by atoms with van der Waals surface area (Å²) in [7, 11) is 0. The van der Waals surface area contributed by atoms with Crippen molar-refractivity contribution in [3.05, 3.63) is 33.8 Å². The minimum atomic E-state index is -2.98. The van der Waals surface area contributed by atoms with E-state index < -0.39 is 11.3 Å². The Hall–Kier alpha value is 0.140. The summed E-state index contributed by atoms with van der Waals surface area (Å²) in [6.45, 7) is 0. The Balaban J connectivity index is 3.20. The van der Waals surface area contributed by atoms with Crippen LogP contribution in [0.15, 0.2) is 18.2 Å². The maximum absolute atomic E-state index is 13.1. The quantitative estimate of drug-likeness (QED) is 0.704. The SMILES string of the molecule is FC(F)(CBr)c1cc(Cl)ccc1Cl. The third-order valence-corrected chi connectivity index (χ3v) is 2.76. The van der Waals surface area contributed by atoms with E-state index in [9.17, 15) is 8.78 Å². The van der Waals surface area contributed by atoms with E-state index in [1.807, 2.05) is 0 Å². The fourth-order valence-corrected chi connectivity index (χ4v) is 1.58. The van der Waals surface area contributed by atoms with Crippen LogP contribution >= 0.6 is 39.1 Å². The molecular weight excluding hydrogens is 285 g/mol. The Bertz CT molecular complexity index is 315. The van der Waals surface area contributed by atoms with Gasteiger partial charge in [0, 0.05) is 15.6 Å². The van der Waals surface area contributed by atoms with Crippen molar-refractivity contribution in [1.29, 1.82) is 0 Å². The predicted molar refractivity (Wildman–Crippen MR) is 54.2 cm³/mol. The zero-order valence-corrected chi connectivity index (χ0v) is 9.43. The number of alkyl halides is 3. The first-order valence-corrected chi connectivity index (χ1v) is 5.24. The molecule has 0 amide bonds. The molecule has 0 fully saturated rings. The normalized spacial score (nSPS) is 11.8. The zero-order chi connectivity index (χ0) is 10.1. The van der Waals surface area contributed by atoms with Gasteiger partial charge in [-0.3, -0.25) is 0 Å². The average Bonchev–Trinajstić information content (AvgIpc) is 2.09. The van der Waals surface area contributed by atoms with E-state index in [0.29, 0.717) is 0 Å². The Kier molecular flexibility index (Phi) is 3.55. The van der Waals surface area contributed by atoms with Gasteiger partial charge in [-0.05, 0) is 18.2 Å². The second-order valence-electron chi connectivity index (χ2n) is 2.46. The maximum atomic E-state index is 13.1. The molecule has 0 aromatic heterocycles. The number of halogens is 5. The number of benzene rings is 1. The molecule has 0 saturated carbocycles. The van der Waals surface area contributed by atoms with Crippen LogP contribution in [0.4, 0.5) is 8.78 Å². The summed E-state index contributed by atoms with van der Waals surface area (Å²) in [5.41, 5.74) is -0.251. The maximum Gasteiger partial charge on any atom is 0.284 e. The summed E-state index contributed by atoms with van der Waals surface area (Å²) in [4.78, 5) is 0. The highest BCUT2D eigenvalue weighted by atomic mass is 79.9. The van der Waals surface area contributed by atoms with Crippen molar-refractivity contribution in [1.82, 2.24) is 0 Å². The highest BCUT2D eigenvalue weighted by molar-refractivity contribution is 9.09. The first-order valence-electron chi connectivity index (χ1n) is 3.36. The van der Waals surface area contributed by atoms with Crippen molar-refractivity contribution in [2.45, 2.75) is 5.92 Å². The van der Waals surface area contributed by atoms with Gasteiger partial charge in [-0.2, -0.15) is 0 Å². The van der Waals surface area contributed by atoms with Crippen LogP contribution in [0.5, 0.6) is 0 Å². The van der Waals surface area contributed by atoms with E-state index in [1.165, 1.54) is 18.2 Å². The Morgan fingerprint density at radius 2 is 1.92 bits per heavy atom. The molecule has 0 unspecified atom stereocenters. The van der Waals surface area contributed by atoms with Crippen molar-refractivity contribution < 1.29 is 8.78 Å². The van der Waals surface area contributed by atoms with Crippen molar-refractivity contribution in [3.8, 4) is 0 Å². The largest absolute Gasteiger partial charge is 0.284 e. The van der Waals surface area contributed by atoms with Crippen LogP contribution in [-0.2, 0) is 5.92 Å². The van der Waals surface area contributed by atoms with Gasteiger partial charge in [0.1, 0.15) is 0 Å². The molecule has 1 aromatic rings. The molecule has 0 aliphatic rings. The van der Waals surface area contributed by atoms with E-state index in [0.717, 1.165) is 0 Å². The van der Waals surface area contributed by atoms with Gasteiger partial charge in [0.05, 0.1) is 5.33 Å². The Labute approximate surface area is 93.0 Å². The molecular formula is C8H5BrCl2F2. The van der Waals surface area contributed by atoms with Crippen molar-refractivity contribution >= 4 is 39.1 Å². The predicted octanol–water partition coefficient (Wildman–Crippen LogP) is 4.48. The summed E-state index contributed by atoms with van der Waals surface area (Å²) in [5, 5.41) is -0.200. The van der Waals surface area contributed by atoms with Crippen LogP contribution in [0.2, 0.25) is 10.0 Å². The third-order valence-electron chi connectivity index (χ3n) is 1.49. The molecule has 0 spiro atoms. The zero-order valence-electron chi connectivity index (χ0n) is 6.33. The lowest BCUT2D eigenvalue weighted by Crippen LogP contribution is -2.15. The molecule has 1 rings (SSSR count). The summed E-state index contributed by atoms with van der Waals surface area (Å²) in [5.74, 6) is -2.98. The number of hydrogen-bond acceptors (Lipinski definition) is 0. The first-order chi connectivity index (χ1) is 5.97. The lowest BCUT2D eigenvalue weighted by Gasteiger charge is -2.14. The topological polar surface area (TPSA) is 0 Å². The molecule has 72 valence electrons. The second-order valence-corrected chi connectivity index (χ2v) is 3.87. The van der Waals surface area contributed by atoms with Crippen LogP contribution in [0.25, 0.3) is 0 Å². The summed E-state index contributed by atoms with van der Waals surface area (Å²) in [6.07, 6.45) is 0. The average molecular weight is 290 g/mol. The molecule has 0 aliphatic heterocycles. The molecule has 13 heavy (non-hydrogen) atoms. The van der Waals surface area contributed by atoms with E-state index in [1.54, 1.807) is 0 Å². The van der Waals surface area contributed by atoms with Crippen molar-refractivity contribution in [3.63, 3.8) is 0 Å². The van der Waals surface area contributed by atoms with Gasteiger partial charge in [0.2, 0.25) is 0 Å². The first kappa shape index (κ1) is 11.2. The highest BCUT2D eigenvalue weighted by Gasteiger charge is 2.32. The second kappa shape index (κ2) is 4.11. The van der Waals surface area contributed by atoms with Gasteiger partial charge in [0.15, 0.2) is 0 Å². The molecule has 5 heteroatoms. The lowest BCUT2D eigenvalue weighted by atomic mass is 10.1. The van der Waals surface area contributed by atoms with E-state index in [2.05, 4.69) is 15.9 Å². The van der Waals surface area contributed by atoms with Gasteiger partial charge in [0.25, 0.3) is 5.92 Å².